The van der Waals surface area contributed by atoms with Crippen molar-refractivity contribution in [3.63, 3.8) is 0 Å². The van der Waals surface area contributed by atoms with Crippen LogP contribution >= 0.6 is 0 Å². The fraction of sp³-hybridized carbons (Fsp3) is 0.400. The molecule has 0 saturated carbocycles. The van der Waals surface area contributed by atoms with Gasteiger partial charge in [0.2, 0.25) is 0 Å². The average Bonchev–Trinajstić information content (AvgIpc) is 2.20. The van der Waals surface area contributed by atoms with Crippen LogP contribution in [0, 0.1) is 0 Å². The van der Waals surface area contributed by atoms with Crippen LogP contribution < -0.4 is 43.8 Å². The smallest absolute Gasteiger partial charge is 1.00 e. The van der Waals surface area contributed by atoms with Crippen molar-refractivity contribution in [3.8, 4) is 5.75 Å². The predicted molar refractivity (Wildman–Crippen MR) is 64.9 cm³/mol. The number of hydrogen-bond acceptors (Lipinski definition) is 4. The number of hydrogen-bond donors (Lipinski definition) is 1. The zero-order chi connectivity index (χ0) is 12.2. The second-order valence-corrected chi connectivity index (χ2v) is 4.39. The van der Waals surface area contributed by atoms with Crippen molar-refractivity contribution in [1.82, 2.24) is 0 Å². The van der Waals surface area contributed by atoms with Gasteiger partial charge in [-0.1, -0.05) is 0 Å². The molecule has 0 saturated heterocycles. The maximum atomic E-state index is 10.7. The third-order valence-corrected chi connectivity index (χ3v) is 2.60. The molecule has 1 aromatic carbocycles. The Morgan fingerprint density at radius 3 is 2.06 bits per heavy atom. The Morgan fingerprint density at radius 2 is 1.71 bits per heavy atom. The van der Waals surface area contributed by atoms with Crippen molar-refractivity contribution >= 4 is 16.0 Å². The van der Waals surface area contributed by atoms with Gasteiger partial charge in [0.25, 0.3) is 0 Å². The minimum absolute atomic E-state index is 0. The van der Waals surface area contributed by atoms with Crippen molar-refractivity contribution in [1.29, 1.82) is 0 Å². The van der Waals surface area contributed by atoms with E-state index in [9.17, 15) is 8.42 Å². The fourth-order valence-corrected chi connectivity index (χ4v) is 1.81. The molecule has 1 aromatic rings. The molecule has 17 heavy (non-hydrogen) atoms. The van der Waals surface area contributed by atoms with Crippen molar-refractivity contribution in [2.24, 2.45) is 5.14 Å². The summed E-state index contributed by atoms with van der Waals surface area (Å²) in [5.74, 6) is 0.221. The first-order valence-corrected chi connectivity index (χ1v) is 6.50. The van der Waals surface area contributed by atoms with E-state index < -0.39 is 10.3 Å². The van der Waals surface area contributed by atoms with Crippen LogP contribution in [-0.4, -0.2) is 21.5 Å². The van der Waals surface area contributed by atoms with E-state index in [0.29, 0.717) is 0 Å². The van der Waals surface area contributed by atoms with E-state index in [-0.39, 0.29) is 36.7 Å². The number of rotatable bonds is 5. The summed E-state index contributed by atoms with van der Waals surface area (Å²) in [6, 6.07) is 6.76. The number of anilines is 1. The van der Waals surface area contributed by atoms with Crippen LogP contribution in [0.1, 0.15) is 15.3 Å². The third-order valence-electron chi connectivity index (χ3n) is 2.18. The molecule has 0 bridgehead atoms. The molecular formula is C10H17N2NaO3S. The van der Waals surface area contributed by atoms with Gasteiger partial charge in [-0.25, -0.2) is 0 Å². The van der Waals surface area contributed by atoms with Crippen molar-refractivity contribution < 1.29 is 43.6 Å². The Bertz CT molecular complexity index is 435. The first-order valence-electron chi connectivity index (χ1n) is 5.03. The Morgan fingerprint density at radius 1 is 1.24 bits per heavy atom. The van der Waals surface area contributed by atoms with Gasteiger partial charge in [0.15, 0.2) is 0 Å². The number of benzene rings is 1. The molecule has 0 aliphatic carbocycles. The summed E-state index contributed by atoms with van der Waals surface area (Å²) in [5.41, 5.74) is 1.02. The molecule has 0 aromatic heterocycles. The third kappa shape index (κ3) is 5.74. The molecule has 0 unspecified atom stereocenters. The Hall–Kier alpha value is -0.270. The zero-order valence-corrected chi connectivity index (χ0v) is 13.2. The molecule has 0 aliphatic rings. The van der Waals surface area contributed by atoms with Gasteiger partial charge in [0.1, 0.15) is 5.75 Å². The SMILES string of the molecule is CCN(CC)c1ccc(OS(N)(=O)=O)cc1.[H-].[Na+]. The standard InChI is InChI=1S/C10H16N2O3S.Na.H/c1-3-12(4-2)9-5-7-10(8-6-9)15-16(11,13)14;;/h5-8H,3-4H2,1-2H3,(H2,11,13,14);;/q;+1;-1. The summed E-state index contributed by atoms with van der Waals surface area (Å²) in [6.45, 7) is 5.90. The Kier molecular flexibility index (Phi) is 7.11. The monoisotopic (exact) mass is 268 g/mol. The first kappa shape index (κ1) is 16.7. The quantitative estimate of drug-likeness (QED) is 0.642. The predicted octanol–water partition coefficient (Wildman–Crippen LogP) is -1.77. The zero-order valence-electron chi connectivity index (χ0n) is 11.4. The van der Waals surface area contributed by atoms with Crippen LogP contribution in [0.5, 0.6) is 5.75 Å². The van der Waals surface area contributed by atoms with Crippen LogP contribution in [0.25, 0.3) is 0 Å². The molecule has 7 heteroatoms. The minimum Gasteiger partial charge on any atom is -1.00 e. The molecule has 2 N–H and O–H groups in total. The van der Waals surface area contributed by atoms with E-state index in [4.69, 9.17) is 5.14 Å². The van der Waals surface area contributed by atoms with E-state index in [2.05, 4.69) is 22.9 Å². The maximum Gasteiger partial charge on any atom is 1.00 e. The van der Waals surface area contributed by atoms with Gasteiger partial charge in [-0.2, -0.15) is 13.6 Å². The molecule has 0 aliphatic heterocycles. The van der Waals surface area contributed by atoms with E-state index in [1.807, 2.05) is 0 Å². The number of nitrogens with two attached hydrogens (primary N) is 1. The van der Waals surface area contributed by atoms with Gasteiger partial charge in [-0.15, -0.1) is 0 Å². The molecule has 0 radical (unpaired) electrons. The molecule has 1 rings (SSSR count). The summed E-state index contributed by atoms with van der Waals surface area (Å²) in [6.07, 6.45) is 0. The second-order valence-electron chi connectivity index (χ2n) is 3.24. The van der Waals surface area contributed by atoms with Gasteiger partial charge < -0.3 is 10.5 Å². The van der Waals surface area contributed by atoms with Crippen LogP contribution in [-0.2, 0) is 10.3 Å². The van der Waals surface area contributed by atoms with Crippen molar-refractivity contribution in [2.45, 2.75) is 13.8 Å². The van der Waals surface area contributed by atoms with E-state index in [1.54, 1.807) is 24.3 Å². The molecule has 92 valence electrons. The molecule has 0 fully saturated rings. The van der Waals surface area contributed by atoms with Gasteiger partial charge in [-0.3, -0.25) is 0 Å². The molecule has 0 heterocycles. The molecular weight excluding hydrogens is 251 g/mol. The topological polar surface area (TPSA) is 72.6 Å². The van der Waals surface area contributed by atoms with Crippen LogP contribution in [0.4, 0.5) is 5.69 Å². The van der Waals surface area contributed by atoms with Gasteiger partial charge in [0.05, 0.1) is 0 Å². The van der Waals surface area contributed by atoms with Crippen molar-refractivity contribution in [3.05, 3.63) is 24.3 Å². The van der Waals surface area contributed by atoms with Gasteiger partial charge in [0, 0.05) is 18.8 Å². The summed E-state index contributed by atoms with van der Waals surface area (Å²) < 4.78 is 25.9. The van der Waals surface area contributed by atoms with Gasteiger partial charge in [-0.05, 0) is 38.1 Å². The van der Waals surface area contributed by atoms with E-state index >= 15 is 0 Å². The molecule has 0 amide bonds. The molecule has 0 spiro atoms. The summed E-state index contributed by atoms with van der Waals surface area (Å²) in [4.78, 5) is 2.14. The Labute approximate surface area is 126 Å². The Balaban J connectivity index is 0. The van der Waals surface area contributed by atoms with Gasteiger partial charge >= 0.3 is 39.9 Å². The normalized spacial score (nSPS) is 10.5. The molecule has 5 nitrogen and oxygen atoms in total. The van der Waals surface area contributed by atoms with Crippen LogP contribution in [0.3, 0.4) is 0 Å². The largest absolute Gasteiger partial charge is 1.00 e. The van der Waals surface area contributed by atoms with Crippen molar-refractivity contribution in [2.75, 3.05) is 18.0 Å². The van der Waals surface area contributed by atoms with E-state index in [0.717, 1.165) is 18.8 Å². The first-order chi connectivity index (χ1) is 7.46. The summed E-state index contributed by atoms with van der Waals surface area (Å²) >= 11 is 0. The van der Waals surface area contributed by atoms with Crippen LogP contribution in [0.2, 0.25) is 0 Å². The van der Waals surface area contributed by atoms with E-state index in [1.165, 1.54) is 0 Å². The summed E-state index contributed by atoms with van der Waals surface area (Å²) in [7, 11) is -3.94. The molecule has 0 atom stereocenters. The minimum atomic E-state index is -3.94. The van der Waals surface area contributed by atoms with Crippen LogP contribution in [0.15, 0.2) is 24.3 Å². The second kappa shape index (κ2) is 7.23. The fourth-order valence-electron chi connectivity index (χ4n) is 1.44. The maximum absolute atomic E-state index is 10.7. The number of nitrogens with zero attached hydrogens (tertiary/aromatic N) is 1. The summed E-state index contributed by atoms with van der Waals surface area (Å²) in [5, 5.41) is 4.76. The average molecular weight is 268 g/mol.